The molecule has 3 N–H and O–H groups in total. The zero-order chi connectivity index (χ0) is 12.1. The first-order valence-electron chi connectivity index (χ1n) is 6.65. The number of aryl methyl sites for hydroxylation is 1. The van der Waals surface area contributed by atoms with Crippen LogP contribution in [-0.2, 0) is 6.42 Å². The Labute approximate surface area is 103 Å². The summed E-state index contributed by atoms with van der Waals surface area (Å²) >= 11 is 0. The highest BCUT2D eigenvalue weighted by Crippen LogP contribution is 2.38. The van der Waals surface area contributed by atoms with Crippen LogP contribution in [-0.4, -0.2) is 23.1 Å². The number of hydrogen-bond donors (Lipinski definition) is 2. The molecule has 0 aromatic carbocycles. The molecular weight excluding hydrogens is 212 g/mol. The van der Waals surface area contributed by atoms with Gasteiger partial charge in [0.2, 0.25) is 0 Å². The number of nitrogens with zero attached hydrogens (tertiary/aromatic N) is 2. The normalized spacial score (nSPS) is 15.6. The van der Waals surface area contributed by atoms with E-state index in [1.165, 1.54) is 25.0 Å². The summed E-state index contributed by atoms with van der Waals surface area (Å²) in [6.07, 6.45) is 7.70. The van der Waals surface area contributed by atoms with Crippen LogP contribution >= 0.6 is 0 Å². The van der Waals surface area contributed by atoms with E-state index in [4.69, 9.17) is 5.73 Å². The third-order valence-electron chi connectivity index (χ3n) is 3.37. The first-order valence-corrected chi connectivity index (χ1v) is 6.65. The van der Waals surface area contributed by atoms with Crippen molar-refractivity contribution in [3.63, 3.8) is 0 Å². The highest BCUT2D eigenvalue weighted by atomic mass is 15.0. The Hall–Kier alpha value is -1.16. The number of anilines is 1. The largest absolute Gasteiger partial charge is 0.382 e. The molecule has 1 aromatic rings. The van der Waals surface area contributed by atoms with Crippen LogP contribution < -0.4 is 11.1 Å². The van der Waals surface area contributed by atoms with Gasteiger partial charge in [0, 0.05) is 18.9 Å². The van der Waals surface area contributed by atoms with Gasteiger partial charge in [-0.15, -0.1) is 0 Å². The van der Waals surface area contributed by atoms with Crippen LogP contribution in [0.5, 0.6) is 0 Å². The monoisotopic (exact) mass is 234 g/mol. The minimum Gasteiger partial charge on any atom is -0.382 e. The summed E-state index contributed by atoms with van der Waals surface area (Å²) in [6, 6.07) is 0. The molecule has 2 rings (SSSR count). The SMILES string of the molecule is CCc1ncc(NCCCN)c(C2CCC2)n1. The van der Waals surface area contributed by atoms with Gasteiger partial charge in [-0.3, -0.25) is 0 Å². The van der Waals surface area contributed by atoms with Crippen molar-refractivity contribution >= 4 is 5.69 Å². The molecule has 0 bridgehead atoms. The standard InChI is InChI=1S/C13H22N4/c1-2-12-16-9-11(15-8-4-7-14)13(17-12)10-5-3-6-10/h9-10,15H,2-8,14H2,1H3. The Morgan fingerprint density at radius 1 is 1.47 bits per heavy atom. The number of nitrogens with two attached hydrogens (primary N) is 1. The second-order valence-corrected chi connectivity index (χ2v) is 4.64. The number of nitrogens with one attached hydrogen (secondary N) is 1. The molecule has 0 unspecified atom stereocenters. The molecule has 17 heavy (non-hydrogen) atoms. The van der Waals surface area contributed by atoms with Crippen LogP contribution in [0.25, 0.3) is 0 Å². The molecule has 4 nitrogen and oxygen atoms in total. The van der Waals surface area contributed by atoms with Gasteiger partial charge in [0.25, 0.3) is 0 Å². The molecular formula is C13H22N4. The van der Waals surface area contributed by atoms with Crippen molar-refractivity contribution < 1.29 is 0 Å². The second-order valence-electron chi connectivity index (χ2n) is 4.64. The quantitative estimate of drug-likeness (QED) is 0.740. The maximum atomic E-state index is 5.50. The van der Waals surface area contributed by atoms with E-state index in [1.807, 2.05) is 6.20 Å². The van der Waals surface area contributed by atoms with Crippen molar-refractivity contribution in [2.45, 2.75) is 44.9 Å². The first kappa shape index (κ1) is 12.3. The zero-order valence-corrected chi connectivity index (χ0v) is 10.6. The molecule has 1 saturated carbocycles. The third kappa shape index (κ3) is 2.94. The second kappa shape index (κ2) is 5.96. The van der Waals surface area contributed by atoms with Crippen molar-refractivity contribution in [1.82, 2.24) is 9.97 Å². The minimum atomic E-state index is 0.642. The summed E-state index contributed by atoms with van der Waals surface area (Å²) in [5.74, 6) is 1.60. The Bertz CT molecular complexity index is 360. The minimum absolute atomic E-state index is 0.642. The molecule has 1 fully saturated rings. The summed E-state index contributed by atoms with van der Waals surface area (Å²) in [5.41, 5.74) is 7.84. The lowest BCUT2D eigenvalue weighted by Crippen LogP contribution is -2.17. The Kier molecular flexibility index (Phi) is 4.31. The highest BCUT2D eigenvalue weighted by molar-refractivity contribution is 5.48. The molecule has 1 aliphatic rings. The average Bonchev–Trinajstić information content (AvgIpc) is 2.29. The summed E-state index contributed by atoms with van der Waals surface area (Å²) in [4.78, 5) is 9.06. The van der Waals surface area contributed by atoms with E-state index in [2.05, 4.69) is 22.2 Å². The molecule has 0 spiro atoms. The van der Waals surface area contributed by atoms with Gasteiger partial charge in [-0.1, -0.05) is 13.3 Å². The van der Waals surface area contributed by atoms with Crippen LogP contribution in [0.3, 0.4) is 0 Å². The van der Waals surface area contributed by atoms with Crippen LogP contribution in [0.15, 0.2) is 6.20 Å². The van der Waals surface area contributed by atoms with Crippen LogP contribution in [0.4, 0.5) is 5.69 Å². The Balaban J connectivity index is 2.11. The summed E-state index contributed by atoms with van der Waals surface area (Å²) in [7, 11) is 0. The van der Waals surface area contributed by atoms with Crippen LogP contribution in [0, 0.1) is 0 Å². The van der Waals surface area contributed by atoms with Gasteiger partial charge in [0.05, 0.1) is 17.6 Å². The van der Waals surface area contributed by atoms with E-state index in [-0.39, 0.29) is 0 Å². The van der Waals surface area contributed by atoms with Crippen molar-refractivity contribution in [3.8, 4) is 0 Å². The van der Waals surface area contributed by atoms with Crippen molar-refractivity contribution in [2.24, 2.45) is 5.73 Å². The summed E-state index contributed by atoms with van der Waals surface area (Å²) in [5, 5.41) is 3.41. The fourth-order valence-electron chi connectivity index (χ4n) is 2.06. The molecule has 0 saturated heterocycles. The topological polar surface area (TPSA) is 63.8 Å². The predicted molar refractivity (Wildman–Crippen MR) is 70.2 cm³/mol. The third-order valence-corrected chi connectivity index (χ3v) is 3.37. The van der Waals surface area contributed by atoms with Gasteiger partial charge in [-0.25, -0.2) is 9.97 Å². The lowest BCUT2D eigenvalue weighted by Gasteiger charge is -2.27. The van der Waals surface area contributed by atoms with E-state index < -0.39 is 0 Å². The molecule has 0 radical (unpaired) electrons. The molecule has 4 heteroatoms. The summed E-state index contributed by atoms with van der Waals surface area (Å²) in [6.45, 7) is 3.73. The maximum absolute atomic E-state index is 5.50. The fraction of sp³-hybridized carbons (Fsp3) is 0.692. The van der Waals surface area contributed by atoms with E-state index in [9.17, 15) is 0 Å². The van der Waals surface area contributed by atoms with E-state index >= 15 is 0 Å². The molecule has 0 aliphatic heterocycles. The smallest absolute Gasteiger partial charge is 0.128 e. The van der Waals surface area contributed by atoms with E-state index in [0.29, 0.717) is 5.92 Å². The van der Waals surface area contributed by atoms with Gasteiger partial charge >= 0.3 is 0 Å². The van der Waals surface area contributed by atoms with Gasteiger partial charge in [-0.2, -0.15) is 0 Å². The molecule has 0 amide bonds. The Morgan fingerprint density at radius 2 is 2.29 bits per heavy atom. The van der Waals surface area contributed by atoms with E-state index in [1.54, 1.807) is 0 Å². The summed E-state index contributed by atoms with van der Waals surface area (Å²) < 4.78 is 0. The number of hydrogen-bond acceptors (Lipinski definition) is 4. The van der Waals surface area contributed by atoms with Gasteiger partial charge in [0.1, 0.15) is 5.82 Å². The lowest BCUT2D eigenvalue weighted by molar-refractivity contribution is 0.410. The molecule has 1 aromatic heterocycles. The average molecular weight is 234 g/mol. The predicted octanol–water partition coefficient (Wildman–Crippen LogP) is 2.07. The van der Waals surface area contributed by atoms with Crippen LogP contribution in [0.1, 0.15) is 50.0 Å². The van der Waals surface area contributed by atoms with Crippen molar-refractivity contribution in [3.05, 3.63) is 17.7 Å². The van der Waals surface area contributed by atoms with Crippen LogP contribution in [0.2, 0.25) is 0 Å². The van der Waals surface area contributed by atoms with Crippen molar-refractivity contribution in [2.75, 3.05) is 18.4 Å². The molecule has 94 valence electrons. The first-order chi connectivity index (χ1) is 8.35. The Morgan fingerprint density at radius 3 is 2.88 bits per heavy atom. The van der Waals surface area contributed by atoms with Crippen molar-refractivity contribution in [1.29, 1.82) is 0 Å². The molecule has 0 atom stereocenters. The fourth-order valence-corrected chi connectivity index (χ4v) is 2.06. The highest BCUT2D eigenvalue weighted by Gasteiger charge is 2.24. The van der Waals surface area contributed by atoms with E-state index in [0.717, 1.165) is 37.4 Å². The number of aromatic nitrogens is 2. The lowest BCUT2D eigenvalue weighted by atomic mass is 9.82. The number of rotatable bonds is 6. The van der Waals surface area contributed by atoms with Gasteiger partial charge in [-0.05, 0) is 25.8 Å². The zero-order valence-electron chi connectivity index (χ0n) is 10.6. The maximum Gasteiger partial charge on any atom is 0.128 e. The molecule has 1 aliphatic carbocycles. The van der Waals surface area contributed by atoms with Gasteiger partial charge < -0.3 is 11.1 Å². The van der Waals surface area contributed by atoms with Gasteiger partial charge in [0.15, 0.2) is 0 Å². The molecule has 1 heterocycles.